The van der Waals surface area contributed by atoms with Gasteiger partial charge in [0.05, 0.1) is 0 Å². The average molecular weight is 550 g/mol. The molecule has 0 aliphatic carbocycles. The Labute approximate surface area is 239 Å². The molecule has 0 spiro atoms. The van der Waals surface area contributed by atoms with E-state index in [2.05, 4.69) is 65.0 Å². The van der Waals surface area contributed by atoms with E-state index in [-0.39, 0.29) is 5.56 Å². The molecular weight excluding hydrogens is 518 g/mol. The van der Waals surface area contributed by atoms with Crippen molar-refractivity contribution in [2.24, 2.45) is 0 Å². The van der Waals surface area contributed by atoms with Gasteiger partial charge in [-0.2, -0.15) is 4.98 Å². The third-order valence-corrected chi connectivity index (χ3v) is 8.04. The standard InChI is InChI=1S/C33H32ClN5O/c1-3-39-31-26(20-36-33(38-31)37-27-10-7-22(8-11-27)23-13-15-35-16-14-23)18-29(32(39)40)28-12-9-25(19-30(28)34)24-6-4-5-21(2)17-24/h4-12,17-20,23,35H,3,13-16H2,1-2H3,(H,36,37,38). The summed E-state index contributed by atoms with van der Waals surface area (Å²) in [6.45, 7) is 6.63. The second-order valence-corrected chi connectivity index (χ2v) is 10.8. The van der Waals surface area contributed by atoms with E-state index in [1.54, 1.807) is 10.8 Å². The molecule has 5 aromatic rings. The maximum Gasteiger partial charge on any atom is 0.260 e. The number of halogens is 1. The summed E-state index contributed by atoms with van der Waals surface area (Å²) in [5.41, 5.74) is 7.26. The van der Waals surface area contributed by atoms with Gasteiger partial charge in [-0.05, 0) is 86.7 Å². The molecule has 6 rings (SSSR count). The third kappa shape index (κ3) is 5.25. The molecule has 0 radical (unpaired) electrons. The molecule has 0 amide bonds. The van der Waals surface area contributed by atoms with Crippen LogP contribution in [0.2, 0.25) is 5.02 Å². The van der Waals surface area contributed by atoms with Crippen LogP contribution in [0, 0.1) is 6.92 Å². The van der Waals surface area contributed by atoms with Gasteiger partial charge in [-0.15, -0.1) is 0 Å². The predicted molar refractivity (Wildman–Crippen MR) is 165 cm³/mol. The molecule has 2 N–H and O–H groups in total. The lowest BCUT2D eigenvalue weighted by Gasteiger charge is -2.23. The van der Waals surface area contributed by atoms with Gasteiger partial charge in [-0.25, -0.2) is 4.98 Å². The number of hydrogen-bond acceptors (Lipinski definition) is 5. The first-order valence-corrected chi connectivity index (χ1v) is 14.2. The number of piperidine rings is 1. The number of anilines is 2. The Bertz CT molecular complexity index is 1740. The molecule has 6 nitrogen and oxygen atoms in total. The van der Waals surface area contributed by atoms with E-state index in [1.165, 1.54) is 24.0 Å². The average Bonchev–Trinajstić information content (AvgIpc) is 2.98. The van der Waals surface area contributed by atoms with Crippen LogP contribution in [0.4, 0.5) is 11.6 Å². The number of nitrogens with zero attached hydrogens (tertiary/aromatic N) is 3. The second kappa shape index (κ2) is 11.2. The Kier molecular flexibility index (Phi) is 7.37. The zero-order valence-electron chi connectivity index (χ0n) is 22.7. The van der Waals surface area contributed by atoms with Gasteiger partial charge in [0.25, 0.3) is 5.56 Å². The molecular formula is C33H32ClN5O. The number of aromatic nitrogens is 3. The number of nitrogens with one attached hydrogen (secondary N) is 2. The van der Waals surface area contributed by atoms with E-state index in [4.69, 9.17) is 16.6 Å². The zero-order valence-corrected chi connectivity index (χ0v) is 23.5. The Morgan fingerprint density at radius 1 is 0.975 bits per heavy atom. The van der Waals surface area contributed by atoms with Gasteiger partial charge in [0.1, 0.15) is 5.65 Å². The minimum Gasteiger partial charge on any atom is -0.324 e. The van der Waals surface area contributed by atoms with Crippen molar-refractivity contribution in [1.29, 1.82) is 0 Å². The fourth-order valence-corrected chi connectivity index (χ4v) is 5.85. The fourth-order valence-electron chi connectivity index (χ4n) is 5.57. The highest BCUT2D eigenvalue weighted by molar-refractivity contribution is 6.33. The lowest BCUT2D eigenvalue weighted by molar-refractivity contribution is 0.460. The Morgan fingerprint density at radius 3 is 2.48 bits per heavy atom. The number of hydrogen-bond donors (Lipinski definition) is 2. The van der Waals surface area contributed by atoms with Crippen LogP contribution in [0.3, 0.4) is 0 Å². The van der Waals surface area contributed by atoms with Crippen LogP contribution in [0.5, 0.6) is 0 Å². The molecule has 1 aliphatic rings. The van der Waals surface area contributed by atoms with E-state index < -0.39 is 0 Å². The quantitative estimate of drug-likeness (QED) is 0.232. The molecule has 7 heteroatoms. The van der Waals surface area contributed by atoms with E-state index in [9.17, 15) is 4.79 Å². The molecule has 0 saturated carbocycles. The first-order valence-electron chi connectivity index (χ1n) is 13.9. The molecule has 3 aromatic carbocycles. The van der Waals surface area contributed by atoms with Crippen LogP contribution in [0.15, 0.2) is 83.8 Å². The van der Waals surface area contributed by atoms with Crippen molar-refractivity contribution in [3.63, 3.8) is 0 Å². The largest absolute Gasteiger partial charge is 0.324 e. The van der Waals surface area contributed by atoms with E-state index in [0.29, 0.717) is 40.2 Å². The monoisotopic (exact) mass is 549 g/mol. The van der Waals surface area contributed by atoms with Crippen LogP contribution in [-0.4, -0.2) is 27.6 Å². The Balaban J connectivity index is 1.30. The first-order chi connectivity index (χ1) is 19.5. The molecule has 0 atom stereocenters. The van der Waals surface area contributed by atoms with Crippen LogP contribution < -0.4 is 16.2 Å². The predicted octanol–water partition coefficient (Wildman–Crippen LogP) is 7.32. The number of pyridine rings is 1. The summed E-state index contributed by atoms with van der Waals surface area (Å²) in [4.78, 5) is 22.9. The molecule has 3 heterocycles. The summed E-state index contributed by atoms with van der Waals surface area (Å²) in [7, 11) is 0. The molecule has 40 heavy (non-hydrogen) atoms. The van der Waals surface area contributed by atoms with E-state index >= 15 is 0 Å². The topological polar surface area (TPSA) is 71.8 Å². The van der Waals surface area contributed by atoms with Crippen LogP contribution in [0.25, 0.3) is 33.3 Å². The Morgan fingerprint density at radius 2 is 1.75 bits per heavy atom. The molecule has 0 bridgehead atoms. The molecule has 202 valence electrons. The van der Waals surface area contributed by atoms with E-state index in [1.807, 2.05) is 37.3 Å². The van der Waals surface area contributed by atoms with Gasteiger partial charge in [0.15, 0.2) is 0 Å². The number of rotatable bonds is 6. The van der Waals surface area contributed by atoms with E-state index in [0.717, 1.165) is 35.3 Å². The minimum absolute atomic E-state index is 0.129. The minimum atomic E-state index is -0.129. The first kappa shape index (κ1) is 26.2. The van der Waals surface area contributed by atoms with Crippen molar-refractivity contribution in [2.75, 3.05) is 18.4 Å². The highest BCUT2D eigenvalue weighted by atomic mass is 35.5. The van der Waals surface area contributed by atoms with Crippen LogP contribution in [-0.2, 0) is 6.54 Å². The molecule has 1 saturated heterocycles. The van der Waals surface area contributed by atoms with Crippen molar-refractivity contribution >= 4 is 34.3 Å². The van der Waals surface area contributed by atoms with Gasteiger partial charge < -0.3 is 10.6 Å². The Hall–Kier alpha value is -4.00. The summed E-state index contributed by atoms with van der Waals surface area (Å²) < 4.78 is 1.68. The summed E-state index contributed by atoms with van der Waals surface area (Å²) in [5.74, 6) is 1.06. The lowest BCUT2D eigenvalue weighted by Crippen LogP contribution is -2.26. The highest BCUT2D eigenvalue weighted by Crippen LogP contribution is 2.33. The maximum absolute atomic E-state index is 13.6. The van der Waals surface area contributed by atoms with Crippen molar-refractivity contribution in [3.8, 4) is 22.3 Å². The van der Waals surface area contributed by atoms with Crippen LogP contribution in [0.1, 0.15) is 36.8 Å². The molecule has 0 unspecified atom stereocenters. The van der Waals surface area contributed by atoms with Gasteiger partial charge in [0, 0.05) is 40.0 Å². The third-order valence-electron chi connectivity index (χ3n) is 7.73. The maximum atomic E-state index is 13.6. The fraction of sp³-hybridized carbons (Fsp3) is 0.242. The lowest BCUT2D eigenvalue weighted by atomic mass is 9.90. The molecule has 2 aromatic heterocycles. The van der Waals surface area contributed by atoms with Gasteiger partial charge in [-0.1, -0.05) is 65.7 Å². The number of benzene rings is 3. The smallest absolute Gasteiger partial charge is 0.260 e. The normalized spacial score (nSPS) is 14.0. The number of fused-ring (bicyclic) bond motifs is 1. The summed E-state index contributed by atoms with van der Waals surface area (Å²) >= 11 is 6.76. The van der Waals surface area contributed by atoms with Crippen molar-refractivity contribution in [3.05, 3.63) is 105 Å². The number of aryl methyl sites for hydroxylation is 2. The summed E-state index contributed by atoms with van der Waals surface area (Å²) in [5, 5.41) is 8.04. The van der Waals surface area contributed by atoms with Crippen molar-refractivity contribution in [2.45, 2.75) is 39.2 Å². The zero-order chi connectivity index (χ0) is 27.6. The van der Waals surface area contributed by atoms with Crippen molar-refractivity contribution in [1.82, 2.24) is 19.9 Å². The second-order valence-electron chi connectivity index (χ2n) is 10.4. The van der Waals surface area contributed by atoms with Gasteiger partial charge in [0.2, 0.25) is 5.95 Å². The summed E-state index contributed by atoms with van der Waals surface area (Å²) in [6.07, 6.45) is 4.09. The summed E-state index contributed by atoms with van der Waals surface area (Å²) in [6, 6.07) is 24.5. The molecule has 1 fully saturated rings. The van der Waals surface area contributed by atoms with Crippen LogP contribution >= 0.6 is 11.6 Å². The van der Waals surface area contributed by atoms with Crippen molar-refractivity contribution < 1.29 is 0 Å². The van der Waals surface area contributed by atoms with Gasteiger partial charge in [-0.3, -0.25) is 9.36 Å². The highest BCUT2D eigenvalue weighted by Gasteiger charge is 2.17. The van der Waals surface area contributed by atoms with Gasteiger partial charge >= 0.3 is 0 Å². The SMILES string of the molecule is CCn1c(=O)c(-c2ccc(-c3cccc(C)c3)cc2Cl)cc2cnc(Nc3ccc(C4CCNCC4)cc3)nc21. The molecule has 1 aliphatic heterocycles.